The van der Waals surface area contributed by atoms with Crippen molar-refractivity contribution in [1.29, 1.82) is 0 Å². The second-order valence-electron chi connectivity index (χ2n) is 4.47. The minimum atomic E-state index is -0.516. The minimum absolute atomic E-state index is 0.0616. The topological polar surface area (TPSA) is 108 Å². The van der Waals surface area contributed by atoms with Gasteiger partial charge >= 0.3 is 5.97 Å². The summed E-state index contributed by atoms with van der Waals surface area (Å²) in [7, 11) is 1.49. The molecule has 0 saturated carbocycles. The third-order valence-electron chi connectivity index (χ3n) is 2.88. The standard InChI is InChI=1S/C14H18N2O6/c1-10-11(4-3-5-12(10)16(19)20)15-13(17)6-7-14(18)22-9-8-21-2/h3-5H,6-9H2,1-2H3,(H,15,17). The molecule has 22 heavy (non-hydrogen) atoms. The number of hydrogen-bond acceptors (Lipinski definition) is 6. The Labute approximate surface area is 127 Å². The quantitative estimate of drug-likeness (QED) is 0.339. The third-order valence-corrected chi connectivity index (χ3v) is 2.88. The number of amides is 1. The Morgan fingerprint density at radius 3 is 2.64 bits per heavy atom. The number of esters is 1. The number of nitro groups is 1. The van der Waals surface area contributed by atoms with Crippen molar-refractivity contribution in [1.82, 2.24) is 0 Å². The number of rotatable bonds is 8. The van der Waals surface area contributed by atoms with E-state index in [2.05, 4.69) is 5.32 Å². The molecule has 0 aliphatic rings. The van der Waals surface area contributed by atoms with Gasteiger partial charge in [0.2, 0.25) is 5.91 Å². The molecule has 1 aromatic rings. The van der Waals surface area contributed by atoms with Crippen LogP contribution >= 0.6 is 0 Å². The van der Waals surface area contributed by atoms with Crippen LogP contribution in [0.15, 0.2) is 18.2 Å². The zero-order chi connectivity index (χ0) is 16.5. The molecule has 0 unspecified atom stereocenters. The summed E-state index contributed by atoms with van der Waals surface area (Å²) in [5.74, 6) is -0.907. The number of nitrogens with zero attached hydrogens (tertiary/aromatic N) is 1. The molecule has 0 saturated heterocycles. The Morgan fingerprint density at radius 2 is 2.00 bits per heavy atom. The summed E-state index contributed by atoms with van der Waals surface area (Å²) < 4.78 is 9.55. The Kier molecular flexibility index (Phi) is 6.97. The zero-order valence-corrected chi connectivity index (χ0v) is 12.5. The number of hydrogen-bond donors (Lipinski definition) is 1. The first-order valence-corrected chi connectivity index (χ1v) is 6.64. The van der Waals surface area contributed by atoms with Crippen LogP contribution in [0.3, 0.4) is 0 Å². The summed E-state index contributed by atoms with van der Waals surface area (Å²) in [6, 6.07) is 4.41. The molecule has 1 aromatic carbocycles. The van der Waals surface area contributed by atoms with Gasteiger partial charge < -0.3 is 14.8 Å². The van der Waals surface area contributed by atoms with Crippen LogP contribution in [0, 0.1) is 17.0 Å². The molecular formula is C14H18N2O6. The van der Waals surface area contributed by atoms with Gasteiger partial charge in [-0.25, -0.2) is 0 Å². The van der Waals surface area contributed by atoms with Gasteiger partial charge in [-0.15, -0.1) is 0 Å². The van der Waals surface area contributed by atoms with Gasteiger partial charge in [-0.1, -0.05) is 6.07 Å². The SMILES string of the molecule is COCCOC(=O)CCC(=O)Nc1cccc([N+](=O)[O-])c1C. The van der Waals surface area contributed by atoms with E-state index in [0.717, 1.165) is 0 Å². The highest BCUT2D eigenvalue weighted by atomic mass is 16.6. The average Bonchev–Trinajstić information content (AvgIpc) is 2.47. The van der Waals surface area contributed by atoms with Gasteiger partial charge in [-0.05, 0) is 13.0 Å². The summed E-state index contributed by atoms with van der Waals surface area (Å²) in [6.45, 7) is 1.98. The third kappa shape index (κ3) is 5.49. The number of benzene rings is 1. The number of nitrogens with one attached hydrogen (secondary N) is 1. The van der Waals surface area contributed by atoms with Crippen molar-refractivity contribution in [3.63, 3.8) is 0 Å². The molecule has 0 fully saturated rings. The van der Waals surface area contributed by atoms with Gasteiger partial charge in [0.05, 0.1) is 29.2 Å². The molecule has 0 radical (unpaired) electrons. The summed E-state index contributed by atoms with van der Waals surface area (Å²) in [5.41, 5.74) is 0.646. The summed E-state index contributed by atoms with van der Waals surface area (Å²) in [6.07, 6.45) is -0.128. The molecule has 0 heterocycles. The first-order chi connectivity index (χ1) is 10.5. The maximum atomic E-state index is 11.8. The fourth-order valence-electron chi connectivity index (χ4n) is 1.70. The lowest BCUT2D eigenvalue weighted by Gasteiger charge is -2.08. The van der Waals surface area contributed by atoms with Gasteiger partial charge in [0, 0.05) is 19.6 Å². The first-order valence-electron chi connectivity index (χ1n) is 6.64. The highest BCUT2D eigenvalue weighted by molar-refractivity contribution is 5.93. The van der Waals surface area contributed by atoms with Crippen LogP contribution < -0.4 is 5.32 Å². The van der Waals surface area contributed by atoms with Crippen LogP contribution in [0.25, 0.3) is 0 Å². The van der Waals surface area contributed by atoms with Crippen LogP contribution in [-0.2, 0) is 19.1 Å². The largest absolute Gasteiger partial charge is 0.463 e. The lowest BCUT2D eigenvalue weighted by Crippen LogP contribution is -2.16. The molecule has 0 aliphatic heterocycles. The van der Waals surface area contributed by atoms with Crippen molar-refractivity contribution < 1.29 is 24.0 Å². The van der Waals surface area contributed by atoms with Gasteiger partial charge in [0.25, 0.3) is 5.69 Å². The maximum Gasteiger partial charge on any atom is 0.306 e. The predicted octanol–water partition coefficient (Wildman–Crippen LogP) is 1.81. The van der Waals surface area contributed by atoms with E-state index in [1.165, 1.54) is 19.2 Å². The van der Waals surface area contributed by atoms with E-state index < -0.39 is 16.8 Å². The second-order valence-corrected chi connectivity index (χ2v) is 4.47. The van der Waals surface area contributed by atoms with E-state index in [1.807, 2.05) is 0 Å². The predicted molar refractivity (Wildman–Crippen MR) is 78.5 cm³/mol. The van der Waals surface area contributed by atoms with Crippen molar-refractivity contribution in [2.24, 2.45) is 0 Å². The lowest BCUT2D eigenvalue weighted by atomic mass is 10.1. The molecule has 8 heteroatoms. The van der Waals surface area contributed by atoms with E-state index in [4.69, 9.17) is 9.47 Å². The summed E-state index contributed by atoms with van der Waals surface area (Å²) >= 11 is 0. The molecule has 1 N–H and O–H groups in total. The molecule has 1 rings (SSSR count). The summed E-state index contributed by atoms with van der Waals surface area (Å²) in [5, 5.41) is 13.4. The Bertz CT molecular complexity index is 558. The number of methoxy groups -OCH3 is 1. The van der Waals surface area contributed by atoms with Crippen LogP contribution in [-0.4, -0.2) is 37.1 Å². The van der Waals surface area contributed by atoms with E-state index >= 15 is 0 Å². The number of carbonyl (C=O) groups is 2. The van der Waals surface area contributed by atoms with Crippen molar-refractivity contribution in [2.45, 2.75) is 19.8 Å². The average molecular weight is 310 g/mol. The molecular weight excluding hydrogens is 292 g/mol. The van der Waals surface area contributed by atoms with E-state index in [-0.39, 0.29) is 25.1 Å². The minimum Gasteiger partial charge on any atom is -0.463 e. The number of ether oxygens (including phenoxy) is 2. The molecule has 8 nitrogen and oxygen atoms in total. The summed E-state index contributed by atoms with van der Waals surface area (Å²) in [4.78, 5) is 33.4. The van der Waals surface area contributed by atoms with Crippen LogP contribution in [0.1, 0.15) is 18.4 Å². The van der Waals surface area contributed by atoms with Crippen LogP contribution in [0.4, 0.5) is 11.4 Å². The molecule has 0 spiro atoms. The fourth-order valence-corrected chi connectivity index (χ4v) is 1.70. The van der Waals surface area contributed by atoms with Gasteiger partial charge in [0.15, 0.2) is 0 Å². The van der Waals surface area contributed by atoms with E-state index in [9.17, 15) is 19.7 Å². The van der Waals surface area contributed by atoms with E-state index in [0.29, 0.717) is 17.9 Å². The molecule has 0 aliphatic carbocycles. The van der Waals surface area contributed by atoms with Crippen molar-refractivity contribution in [3.05, 3.63) is 33.9 Å². The van der Waals surface area contributed by atoms with Gasteiger partial charge in [0.1, 0.15) is 6.61 Å². The molecule has 1 amide bonds. The van der Waals surface area contributed by atoms with Crippen molar-refractivity contribution >= 4 is 23.3 Å². The van der Waals surface area contributed by atoms with Crippen LogP contribution in [0.2, 0.25) is 0 Å². The van der Waals surface area contributed by atoms with Crippen molar-refractivity contribution in [3.8, 4) is 0 Å². The lowest BCUT2D eigenvalue weighted by molar-refractivity contribution is -0.385. The maximum absolute atomic E-state index is 11.8. The highest BCUT2D eigenvalue weighted by Gasteiger charge is 2.15. The smallest absolute Gasteiger partial charge is 0.306 e. The fraction of sp³-hybridized carbons (Fsp3) is 0.429. The number of carbonyl (C=O) groups excluding carboxylic acids is 2. The Balaban J connectivity index is 2.51. The zero-order valence-electron chi connectivity index (χ0n) is 12.5. The van der Waals surface area contributed by atoms with Gasteiger partial charge in [-0.3, -0.25) is 19.7 Å². The Morgan fingerprint density at radius 1 is 1.27 bits per heavy atom. The Hall–Kier alpha value is -2.48. The molecule has 0 bridgehead atoms. The number of anilines is 1. The molecule has 120 valence electrons. The molecule has 0 atom stereocenters. The second kappa shape index (κ2) is 8.73. The normalized spacial score (nSPS) is 10.1. The molecule has 0 aromatic heterocycles. The highest BCUT2D eigenvalue weighted by Crippen LogP contribution is 2.25. The van der Waals surface area contributed by atoms with Crippen molar-refractivity contribution in [2.75, 3.05) is 25.6 Å². The van der Waals surface area contributed by atoms with Gasteiger partial charge in [-0.2, -0.15) is 0 Å². The monoisotopic (exact) mass is 310 g/mol. The van der Waals surface area contributed by atoms with Crippen LogP contribution in [0.5, 0.6) is 0 Å². The first kappa shape index (κ1) is 17.6. The number of nitro benzene ring substituents is 1. The van der Waals surface area contributed by atoms with E-state index in [1.54, 1.807) is 13.0 Å².